The van der Waals surface area contributed by atoms with Crippen LogP contribution in [-0.4, -0.2) is 17.6 Å². The third-order valence-corrected chi connectivity index (χ3v) is 1.51. The quantitative estimate of drug-likeness (QED) is 0.550. The van der Waals surface area contributed by atoms with E-state index in [-0.39, 0.29) is 12.8 Å². The average molecular weight is 122 g/mol. The van der Waals surface area contributed by atoms with Gasteiger partial charge in [0.05, 0.1) is 6.10 Å². The van der Waals surface area contributed by atoms with E-state index in [4.69, 9.17) is 5.11 Å². The van der Waals surface area contributed by atoms with Gasteiger partial charge < -0.3 is 5.11 Å². The summed E-state index contributed by atoms with van der Waals surface area (Å²) in [6.07, 6.45) is -2.09. The first-order valence-electron chi connectivity index (χ1n) is 2.66. The van der Waals surface area contributed by atoms with Crippen molar-refractivity contribution in [2.75, 3.05) is 0 Å². The zero-order valence-corrected chi connectivity index (χ0v) is 4.35. The Bertz CT molecular complexity index is 78.5. The van der Waals surface area contributed by atoms with E-state index in [2.05, 4.69) is 0 Å². The van der Waals surface area contributed by atoms with Crippen LogP contribution in [0.15, 0.2) is 0 Å². The molecule has 1 fully saturated rings. The van der Waals surface area contributed by atoms with Crippen LogP contribution >= 0.6 is 0 Å². The van der Waals surface area contributed by atoms with Crippen LogP contribution in [0.5, 0.6) is 0 Å². The van der Waals surface area contributed by atoms with Gasteiger partial charge in [0.15, 0.2) is 0 Å². The second-order valence-electron chi connectivity index (χ2n) is 2.22. The Morgan fingerprint density at radius 1 is 1.38 bits per heavy atom. The zero-order chi connectivity index (χ0) is 6.15. The van der Waals surface area contributed by atoms with Gasteiger partial charge in [-0.25, -0.2) is 8.78 Å². The number of halogens is 2. The zero-order valence-electron chi connectivity index (χ0n) is 4.35. The van der Waals surface area contributed by atoms with Crippen LogP contribution in [0.3, 0.4) is 0 Å². The minimum absolute atomic E-state index is 0.289. The van der Waals surface area contributed by atoms with Crippen molar-refractivity contribution in [1.29, 1.82) is 0 Å². The highest BCUT2D eigenvalue weighted by Gasteiger charge is 2.33. The van der Waals surface area contributed by atoms with Crippen molar-refractivity contribution in [2.45, 2.75) is 25.4 Å². The van der Waals surface area contributed by atoms with Gasteiger partial charge >= 0.3 is 0 Å². The molecule has 0 aromatic rings. The second-order valence-corrected chi connectivity index (χ2v) is 2.22. The van der Waals surface area contributed by atoms with Crippen LogP contribution in [0.4, 0.5) is 8.78 Å². The molecule has 3 heteroatoms. The maximum atomic E-state index is 11.5. The molecule has 0 atom stereocenters. The first-order chi connectivity index (χ1) is 3.70. The third kappa shape index (κ3) is 0.968. The maximum Gasteiger partial charge on any atom is 0.241 e. The molecule has 0 saturated heterocycles. The van der Waals surface area contributed by atoms with Gasteiger partial charge in [-0.1, -0.05) is 0 Å². The molecule has 0 aromatic carbocycles. The maximum absolute atomic E-state index is 11.5. The lowest BCUT2D eigenvalue weighted by Crippen LogP contribution is -2.32. The molecule has 1 N–H and O–H groups in total. The summed E-state index contributed by atoms with van der Waals surface area (Å²) in [5.41, 5.74) is 0. The lowest BCUT2D eigenvalue weighted by Gasteiger charge is -2.30. The number of hydrogen-bond donors (Lipinski definition) is 1. The molecule has 1 saturated carbocycles. The van der Waals surface area contributed by atoms with Gasteiger partial charge in [0.25, 0.3) is 0 Å². The molecule has 1 nitrogen and oxygen atoms in total. The molecular formula is C5H8F2O. The average Bonchev–Trinajstić information content (AvgIpc) is 1.57. The Hall–Kier alpha value is -0.180. The van der Waals surface area contributed by atoms with Gasteiger partial charge in [-0.2, -0.15) is 0 Å². The number of hydrogen-bond acceptors (Lipinski definition) is 1. The van der Waals surface area contributed by atoms with E-state index >= 15 is 0 Å². The number of alkyl halides is 2. The summed E-state index contributed by atoms with van der Waals surface area (Å²) in [5, 5.41) is 8.53. The Morgan fingerprint density at radius 2 is 1.88 bits per heavy atom. The minimum Gasteiger partial charge on any atom is -0.393 e. The van der Waals surface area contributed by atoms with Gasteiger partial charge in [-0.05, 0) is 12.8 Å². The van der Waals surface area contributed by atoms with E-state index in [1.54, 1.807) is 0 Å². The predicted molar refractivity (Wildman–Crippen MR) is 24.7 cm³/mol. The number of rotatable bonds is 1. The Morgan fingerprint density at radius 3 is 2.00 bits per heavy atom. The molecule has 0 spiro atoms. The highest BCUT2D eigenvalue weighted by atomic mass is 19.3. The lowest BCUT2D eigenvalue weighted by atomic mass is 9.83. The van der Waals surface area contributed by atoms with Crippen LogP contribution in [0, 0.1) is 5.92 Å². The summed E-state index contributed by atoms with van der Waals surface area (Å²) in [5.74, 6) is -0.523. The summed E-state index contributed by atoms with van der Waals surface area (Å²) in [6.45, 7) is 0. The van der Waals surface area contributed by atoms with E-state index < -0.39 is 18.4 Å². The fraction of sp³-hybridized carbons (Fsp3) is 1.00. The molecule has 48 valence electrons. The second kappa shape index (κ2) is 1.97. The predicted octanol–water partition coefficient (Wildman–Crippen LogP) is 1.02. The highest BCUT2D eigenvalue weighted by molar-refractivity contribution is 4.79. The molecule has 8 heavy (non-hydrogen) atoms. The summed E-state index contributed by atoms with van der Waals surface area (Å²) in [4.78, 5) is 0. The highest BCUT2D eigenvalue weighted by Crippen LogP contribution is 2.32. The van der Waals surface area contributed by atoms with Crippen molar-refractivity contribution in [1.82, 2.24) is 0 Å². The van der Waals surface area contributed by atoms with E-state index in [1.165, 1.54) is 0 Å². The van der Waals surface area contributed by atoms with E-state index in [1.807, 2.05) is 0 Å². The van der Waals surface area contributed by atoms with Crippen molar-refractivity contribution < 1.29 is 13.9 Å². The van der Waals surface area contributed by atoms with Crippen molar-refractivity contribution in [3.8, 4) is 0 Å². The number of aliphatic hydroxyl groups excluding tert-OH is 1. The van der Waals surface area contributed by atoms with Crippen molar-refractivity contribution in [2.24, 2.45) is 5.92 Å². The van der Waals surface area contributed by atoms with Crippen LogP contribution < -0.4 is 0 Å². The van der Waals surface area contributed by atoms with Gasteiger partial charge in [-0.15, -0.1) is 0 Å². The largest absolute Gasteiger partial charge is 0.393 e. The van der Waals surface area contributed by atoms with Crippen molar-refractivity contribution in [3.63, 3.8) is 0 Å². The Kier molecular flexibility index (Phi) is 1.47. The molecular weight excluding hydrogens is 114 g/mol. The fourth-order valence-corrected chi connectivity index (χ4v) is 0.836. The molecule has 1 aliphatic carbocycles. The molecule has 0 radical (unpaired) electrons. The van der Waals surface area contributed by atoms with Gasteiger partial charge in [0, 0.05) is 5.92 Å². The van der Waals surface area contributed by atoms with E-state index in [9.17, 15) is 8.78 Å². The summed E-state index contributed by atoms with van der Waals surface area (Å²) in [7, 11) is 0. The molecule has 0 amide bonds. The normalized spacial score (nSPS) is 37.5. The fourth-order valence-electron chi connectivity index (χ4n) is 0.836. The lowest BCUT2D eigenvalue weighted by molar-refractivity contribution is -0.0441. The molecule has 0 aromatic heterocycles. The van der Waals surface area contributed by atoms with Crippen LogP contribution in [0.25, 0.3) is 0 Å². The minimum atomic E-state index is -2.22. The standard InChI is InChI=1S/C5H8F2O/c6-5(7)3-1-4(8)2-3/h3-5,8H,1-2H2. The first-order valence-corrected chi connectivity index (χ1v) is 2.66. The van der Waals surface area contributed by atoms with Gasteiger partial charge in [0.1, 0.15) is 0 Å². The van der Waals surface area contributed by atoms with Crippen molar-refractivity contribution in [3.05, 3.63) is 0 Å². The Labute approximate surface area is 46.3 Å². The van der Waals surface area contributed by atoms with E-state index in [0.29, 0.717) is 0 Å². The monoisotopic (exact) mass is 122 g/mol. The van der Waals surface area contributed by atoms with Gasteiger partial charge in [-0.3, -0.25) is 0 Å². The molecule has 1 rings (SSSR count). The molecule has 0 unspecified atom stereocenters. The summed E-state index contributed by atoms with van der Waals surface area (Å²) < 4.78 is 23.1. The van der Waals surface area contributed by atoms with Crippen LogP contribution in [0.2, 0.25) is 0 Å². The SMILES string of the molecule is OC1CC(C(F)F)C1. The smallest absolute Gasteiger partial charge is 0.241 e. The molecule has 0 bridgehead atoms. The molecule has 0 aliphatic heterocycles. The Balaban J connectivity index is 2.15. The van der Waals surface area contributed by atoms with Crippen molar-refractivity contribution >= 4 is 0 Å². The topological polar surface area (TPSA) is 20.2 Å². The van der Waals surface area contributed by atoms with Gasteiger partial charge in [0.2, 0.25) is 6.43 Å². The molecule has 0 heterocycles. The summed E-state index contributed by atoms with van der Waals surface area (Å²) in [6, 6.07) is 0. The van der Waals surface area contributed by atoms with Crippen LogP contribution in [0.1, 0.15) is 12.8 Å². The first kappa shape index (κ1) is 5.95. The molecule has 1 aliphatic rings. The van der Waals surface area contributed by atoms with E-state index in [0.717, 1.165) is 0 Å². The summed E-state index contributed by atoms with van der Waals surface area (Å²) >= 11 is 0. The van der Waals surface area contributed by atoms with Crippen LogP contribution in [-0.2, 0) is 0 Å². The number of aliphatic hydroxyl groups is 1. The third-order valence-electron chi connectivity index (χ3n) is 1.51.